The molecule has 0 spiro atoms. The molecule has 0 radical (unpaired) electrons. The second-order valence-corrected chi connectivity index (χ2v) is 5.78. The molecule has 20 heavy (non-hydrogen) atoms. The molecular weight excluding hydrogens is 350 g/mol. The first-order valence-electron chi connectivity index (χ1n) is 5.93. The Bertz CT molecular complexity index is 619. The first-order valence-corrected chi connectivity index (χ1v) is 7.22. The second-order valence-electron chi connectivity index (χ2n) is 4.27. The van der Waals surface area contributed by atoms with E-state index in [0.29, 0.717) is 12.0 Å². The normalized spacial score (nSPS) is 12.2. The van der Waals surface area contributed by atoms with Crippen LogP contribution in [0.1, 0.15) is 16.0 Å². The molecule has 0 saturated heterocycles. The first kappa shape index (κ1) is 15.3. The predicted octanol–water partition coefficient (Wildman–Crippen LogP) is 5.31. The summed E-state index contributed by atoms with van der Waals surface area (Å²) in [6, 6.07) is 9.64. The molecular formula is C15H12BrClF2O. The Morgan fingerprint density at radius 2 is 1.85 bits per heavy atom. The summed E-state index contributed by atoms with van der Waals surface area (Å²) >= 11 is 9.43. The van der Waals surface area contributed by atoms with Crippen molar-refractivity contribution < 1.29 is 13.5 Å². The van der Waals surface area contributed by atoms with Crippen LogP contribution in [0.15, 0.2) is 36.4 Å². The van der Waals surface area contributed by atoms with Gasteiger partial charge in [-0.3, -0.25) is 0 Å². The maximum absolute atomic E-state index is 13.3. The molecule has 106 valence electrons. The van der Waals surface area contributed by atoms with Crippen LogP contribution in [0.3, 0.4) is 0 Å². The molecule has 0 aliphatic heterocycles. The van der Waals surface area contributed by atoms with E-state index in [-0.39, 0.29) is 9.85 Å². The van der Waals surface area contributed by atoms with Crippen LogP contribution in [-0.4, -0.2) is 7.11 Å². The molecule has 2 rings (SSSR count). The first-order chi connectivity index (χ1) is 9.52. The van der Waals surface area contributed by atoms with Gasteiger partial charge in [0.25, 0.3) is 0 Å². The molecule has 0 N–H and O–H groups in total. The Hall–Kier alpha value is -1.13. The van der Waals surface area contributed by atoms with Gasteiger partial charge in [0.2, 0.25) is 0 Å². The summed E-state index contributed by atoms with van der Waals surface area (Å²) in [6.45, 7) is 0. The molecule has 1 unspecified atom stereocenters. The van der Waals surface area contributed by atoms with Gasteiger partial charge in [0.05, 0.1) is 7.11 Å². The monoisotopic (exact) mass is 360 g/mol. The molecule has 0 aliphatic carbocycles. The van der Waals surface area contributed by atoms with E-state index in [2.05, 4.69) is 15.9 Å². The molecule has 5 heteroatoms. The number of hydrogen-bond donors (Lipinski definition) is 0. The Labute approximate surface area is 129 Å². The topological polar surface area (TPSA) is 9.23 Å². The standard InChI is InChI=1S/C15H12BrClF2O/c1-20-15-5-3-2-4-9(15)6-11(16)10-7-13(18)14(19)8-12(10)17/h2-5,7-8,11H,6H2,1H3. The third-order valence-corrected chi connectivity index (χ3v) is 4.11. The summed E-state index contributed by atoms with van der Waals surface area (Å²) in [4.78, 5) is -0.235. The second kappa shape index (κ2) is 6.55. The molecule has 0 fully saturated rings. The number of para-hydroxylation sites is 1. The van der Waals surface area contributed by atoms with E-state index >= 15 is 0 Å². The van der Waals surface area contributed by atoms with Crippen LogP contribution in [0.2, 0.25) is 5.02 Å². The highest BCUT2D eigenvalue weighted by Crippen LogP contribution is 2.35. The maximum Gasteiger partial charge on any atom is 0.160 e. The summed E-state index contributed by atoms with van der Waals surface area (Å²) in [6.07, 6.45) is 0.550. The Kier molecular flexibility index (Phi) is 5.00. The van der Waals surface area contributed by atoms with Crippen molar-refractivity contribution in [2.75, 3.05) is 7.11 Å². The molecule has 0 amide bonds. The smallest absolute Gasteiger partial charge is 0.160 e. The van der Waals surface area contributed by atoms with Crippen molar-refractivity contribution in [1.29, 1.82) is 0 Å². The Morgan fingerprint density at radius 3 is 2.55 bits per heavy atom. The van der Waals surface area contributed by atoms with Gasteiger partial charge >= 0.3 is 0 Å². The zero-order valence-electron chi connectivity index (χ0n) is 10.7. The van der Waals surface area contributed by atoms with E-state index in [1.54, 1.807) is 7.11 Å². The van der Waals surface area contributed by atoms with E-state index in [1.807, 2.05) is 24.3 Å². The van der Waals surface area contributed by atoms with Gasteiger partial charge in [0.1, 0.15) is 5.75 Å². The van der Waals surface area contributed by atoms with Crippen molar-refractivity contribution >= 4 is 27.5 Å². The van der Waals surface area contributed by atoms with E-state index in [0.717, 1.165) is 23.4 Å². The average Bonchev–Trinajstić information content (AvgIpc) is 2.43. The zero-order chi connectivity index (χ0) is 14.7. The number of halogens is 4. The zero-order valence-corrected chi connectivity index (χ0v) is 13.0. The number of methoxy groups -OCH3 is 1. The lowest BCUT2D eigenvalue weighted by molar-refractivity contribution is 0.409. The van der Waals surface area contributed by atoms with Crippen LogP contribution in [-0.2, 0) is 6.42 Å². The van der Waals surface area contributed by atoms with Crippen molar-refractivity contribution in [3.05, 3.63) is 64.2 Å². The van der Waals surface area contributed by atoms with Crippen molar-refractivity contribution in [2.24, 2.45) is 0 Å². The molecule has 1 atom stereocenters. The van der Waals surface area contributed by atoms with Gasteiger partial charge in [-0.25, -0.2) is 8.78 Å². The van der Waals surface area contributed by atoms with Crippen LogP contribution in [0.5, 0.6) is 5.75 Å². The summed E-state index contributed by atoms with van der Waals surface area (Å²) in [5.74, 6) is -1.11. The Balaban J connectivity index is 2.28. The maximum atomic E-state index is 13.3. The van der Waals surface area contributed by atoms with Crippen LogP contribution in [0.4, 0.5) is 8.78 Å². The van der Waals surface area contributed by atoms with Crippen molar-refractivity contribution in [3.63, 3.8) is 0 Å². The SMILES string of the molecule is COc1ccccc1CC(Br)c1cc(F)c(F)cc1Cl. The van der Waals surface area contributed by atoms with E-state index < -0.39 is 11.6 Å². The number of rotatable bonds is 4. The lowest BCUT2D eigenvalue weighted by Crippen LogP contribution is -2.00. The van der Waals surface area contributed by atoms with Crippen LogP contribution in [0, 0.1) is 11.6 Å². The van der Waals surface area contributed by atoms with Crippen molar-refractivity contribution in [1.82, 2.24) is 0 Å². The van der Waals surface area contributed by atoms with E-state index in [1.165, 1.54) is 0 Å². The van der Waals surface area contributed by atoms with Gasteiger partial charge in [0, 0.05) is 9.85 Å². The summed E-state index contributed by atoms with van der Waals surface area (Å²) in [5.41, 5.74) is 1.47. The van der Waals surface area contributed by atoms with Gasteiger partial charge in [0.15, 0.2) is 11.6 Å². The third kappa shape index (κ3) is 3.30. The van der Waals surface area contributed by atoms with Gasteiger partial charge in [-0.1, -0.05) is 45.7 Å². The van der Waals surface area contributed by atoms with Gasteiger partial charge in [-0.05, 0) is 35.7 Å². The predicted molar refractivity (Wildman–Crippen MR) is 79.7 cm³/mol. The highest BCUT2D eigenvalue weighted by molar-refractivity contribution is 9.09. The summed E-state index contributed by atoms with van der Waals surface area (Å²) in [5, 5.41) is 0.195. The fourth-order valence-corrected chi connectivity index (χ4v) is 3.09. The minimum absolute atomic E-state index is 0.195. The minimum atomic E-state index is -0.948. The minimum Gasteiger partial charge on any atom is -0.496 e. The van der Waals surface area contributed by atoms with E-state index in [9.17, 15) is 8.78 Å². The number of ether oxygens (including phenoxy) is 1. The molecule has 0 heterocycles. The van der Waals surface area contributed by atoms with Crippen LogP contribution in [0.25, 0.3) is 0 Å². The van der Waals surface area contributed by atoms with E-state index in [4.69, 9.17) is 16.3 Å². The molecule has 2 aromatic rings. The summed E-state index contributed by atoms with van der Waals surface area (Å²) in [7, 11) is 1.59. The lowest BCUT2D eigenvalue weighted by Gasteiger charge is -2.14. The number of hydrogen-bond acceptors (Lipinski definition) is 1. The number of benzene rings is 2. The molecule has 1 nitrogen and oxygen atoms in total. The fraction of sp³-hybridized carbons (Fsp3) is 0.200. The number of alkyl halides is 1. The Morgan fingerprint density at radius 1 is 1.20 bits per heavy atom. The van der Waals surface area contributed by atoms with Crippen LogP contribution < -0.4 is 4.74 Å². The molecule has 2 aromatic carbocycles. The van der Waals surface area contributed by atoms with Gasteiger partial charge in [-0.2, -0.15) is 0 Å². The molecule has 0 aromatic heterocycles. The molecule has 0 bridgehead atoms. The third-order valence-electron chi connectivity index (χ3n) is 2.97. The largest absolute Gasteiger partial charge is 0.496 e. The highest BCUT2D eigenvalue weighted by Gasteiger charge is 2.17. The van der Waals surface area contributed by atoms with Crippen LogP contribution >= 0.6 is 27.5 Å². The highest BCUT2D eigenvalue weighted by atomic mass is 79.9. The molecule has 0 saturated carbocycles. The van der Waals surface area contributed by atoms with Crippen molar-refractivity contribution in [3.8, 4) is 5.75 Å². The van der Waals surface area contributed by atoms with Gasteiger partial charge < -0.3 is 4.74 Å². The van der Waals surface area contributed by atoms with Crippen molar-refractivity contribution in [2.45, 2.75) is 11.2 Å². The quantitative estimate of drug-likeness (QED) is 0.530. The lowest BCUT2D eigenvalue weighted by atomic mass is 10.0. The fourth-order valence-electron chi connectivity index (χ4n) is 1.95. The summed E-state index contributed by atoms with van der Waals surface area (Å²) < 4.78 is 31.7. The molecule has 0 aliphatic rings. The average molecular weight is 362 g/mol. The van der Waals surface area contributed by atoms with Gasteiger partial charge in [-0.15, -0.1) is 0 Å².